The molecule has 0 radical (unpaired) electrons. The predicted octanol–water partition coefficient (Wildman–Crippen LogP) is 4.09. The smallest absolute Gasteiger partial charge is 0.262 e. The molecule has 0 aliphatic rings. The summed E-state index contributed by atoms with van der Waals surface area (Å²) in [5, 5.41) is 3.12. The number of aromatic nitrogens is 2. The molecule has 0 saturated heterocycles. The zero-order valence-electron chi connectivity index (χ0n) is 13.6. The second kappa shape index (κ2) is 7.32. The summed E-state index contributed by atoms with van der Waals surface area (Å²) in [7, 11) is 0. The van der Waals surface area contributed by atoms with E-state index in [1.807, 2.05) is 35.7 Å². The summed E-state index contributed by atoms with van der Waals surface area (Å²) in [6.07, 6.45) is 0. The van der Waals surface area contributed by atoms with Crippen LogP contribution in [0.15, 0.2) is 51.7 Å². The van der Waals surface area contributed by atoms with Crippen molar-refractivity contribution in [2.45, 2.75) is 25.5 Å². The lowest BCUT2D eigenvalue weighted by atomic mass is 10.2. The van der Waals surface area contributed by atoms with Gasteiger partial charge in [0.15, 0.2) is 10.9 Å². The first-order chi connectivity index (χ1) is 11.6. The van der Waals surface area contributed by atoms with Crippen LogP contribution in [0.2, 0.25) is 0 Å². The molecule has 2 aromatic heterocycles. The van der Waals surface area contributed by atoms with E-state index in [2.05, 4.69) is 18.8 Å². The van der Waals surface area contributed by atoms with Gasteiger partial charge in [0.2, 0.25) is 0 Å². The minimum Gasteiger partial charge on any atom is -0.292 e. The van der Waals surface area contributed by atoms with Gasteiger partial charge < -0.3 is 0 Å². The molecule has 0 N–H and O–H groups in total. The van der Waals surface area contributed by atoms with Crippen molar-refractivity contribution in [2.75, 3.05) is 5.75 Å². The van der Waals surface area contributed by atoms with E-state index in [0.717, 1.165) is 4.88 Å². The number of ketones is 1. The number of hydrogen-bond acceptors (Lipinski definition) is 5. The Morgan fingerprint density at radius 2 is 2.04 bits per heavy atom. The monoisotopic (exact) mass is 358 g/mol. The summed E-state index contributed by atoms with van der Waals surface area (Å²) in [5.74, 6) is 0.662. The van der Waals surface area contributed by atoms with Crippen molar-refractivity contribution in [1.29, 1.82) is 0 Å². The SMILES string of the molecule is CC(C)Cn1c(SCC(=O)c2cccs2)nc2ccccc2c1=O. The van der Waals surface area contributed by atoms with Crippen molar-refractivity contribution in [3.8, 4) is 0 Å². The van der Waals surface area contributed by atoms with Gasteiger partial charge in [-0.05, 0) is 29.5 Å². The highest BCUT2D eigenvalue weighted by molar-refractivity contribution is 7.99. The van der Waals surface area contributed by atoms with Crippen LogP contribution in [-0.2, 0) is 6.54 Å². The second-order valence-electron chi connectivity index (χ2n) is 5.91. The summed E-state index contributed by atoms with van der Waals surface area (Å²) in [5.41, 5.74) is 0.633. The van der Waals surface area contributed by atoms with E-state index in [0.29, 0.717) is 28.5 Å². The van der Waals surface area contributed by atoms with Gasteiger partial charge in [0.1, 0.15) is 0 Å². The third-order valence-corrected chi connectivity index (χ3v) is 5.39. The summed E-state index contributed by atoms with van der Waals surface area (Å²) >= 11 is 2.77. The Labute approximate surface area is 148 Å². The maximum atomic E-state index is 12.8. The fourth-order valence-corrected chi connectivity index (χ4v) is 4.07. The number of nitrogens with zero attached hydrogens (tertiary/aromatic N) is 2. The van der Waals surface area contributed by atoms with Gasteiger partial charge in [0.25, 0.3) is 5.56 Å². The van der Waals surface area contributed by atoms with E-state index < -0.39 is 0 Å². The molecular weight excluding hydrogens is 340 g/mol. The predicted molar refractivity (Wildman–Crippen MR) is 100 cm³/mol. The third-order valence-electron chi connectivity index (χ3n) is 3.50. The van der Waals surface area contributed by atoms with Gasteiger partial charge in [0, 0.05) is 6.54 Å². The van der Waals surface area contributed by atoms with Crippen molar-refractivity contribution < 1.29 is 4.79 Å². The van der Waals surface area contributed by atoms with Gasteiger partial charge in [-0.2, -0.15) is 0 Å². The zero-order valence-corrected chi connectivity index (χ0v) is 15.2. The van der Waals surface area contributed by atoms with Gasteiger partial charge in [-0.25, -0.2) is 4.98 Å². The molecule has 0 fully saturated rings. The molecule has 124 valence electrons. The largest absolute Gasteiger partial charge is 0.292 e. The topological polar surface area (TPSA) is 52.0 Å². The first kappa shape index (κ1) is 16.9. The number of rotatable bonds is 6. The lowest BCUT2D eigenvalue weighted by molar-refractivity contribution is 0.102. The Hall–Kier alpha value is -1.92. The minimum absolute atomic E-state index is 0.0413. The van der Waals surface area contributed by atoms with Gasteiger partial charge in [-0.1, -0.05) is 43.8 Å². The molecule has 0 aliphatic heterocycles. The van der Waals surface area contributed by atoms with Crippen molar-refractivity contribution in [3.05, 3.63) is 57.0 Å². The summed E-state index contributed by atoms with van der Waals surface area (Å²) < 4.78 is 1.69. The maximum Gasteiger partial charge on any atom is 0.262 e. The normalized spacial score (nSPS) is 11.3. The standard InChI is InChI=1S/C18H18N2O2S2/c1-12(2)10-20-17(22)13-6-3-4-7-14(13)19-18(20)24-11-15(21)16-8-5-9-23-16/h3-9,12H,10-11H2,1-2H3. The lowest BCUT2D eigenvalue weighted by Gasteiger charge is -2.14. The average molecular weight is 358 g/mol. The summed E-state index contributed by atoms with van der Waals surface area (Å²) in [4.78, 5) is 30.4. The summed E-state index contributed by atoms with van der Waals surface area (Å²) in [6, 6.07) is 11.0. The molecule has 0 saturated carbocycles. The fraction of sp³-hybridized carbons (Fsp3) is 0.278. The minimum atomic E-state index is -0.0413. The highest BCUT2D eigenvalue weighted by Crippen LogP contribution is 2.21. The van der Waals surface area contributed by atoms with Crippen molar-refractivity contribution in [1.82, 2.24) is 9.55 Å². The van der Waals surface area contributed by atoms with E-state index in [-0.39, 0.29) is 17.1 Å². The first-order valence-corrected chi connectivity index (χ1v) is 9.62. The molecule has 0 aliphatic carbocycles. The van der Waals surface area contributed by atoms with E-state index >= 15 is 0 Å². The number of para-hydroxylation sites is 1. The summed E-state index contributed by atoms with van der Waals surface area (Å²) in [6.45, 7) is 4.71. The average Bonchev–Trinajstić information content (AvgIpc) is 3.10. The molecule has 0 unspecified atom stereocenters. The Balaban J connectivity index is 1.95. The van der Waals surface area contributed by atoms with Crippen LogP contribution in [0, 0.1) is 5.92 Å². The molecule has 4 nitrogen and oxygen atoms in total. The fourth-order valence-electron chi connectivity index (χ4n) is 2.42. The highest BCUT2D eigenvalue weighted by Gasteiger charge is 2.15. The number of Topliss-reactive ketones (excluding diaryl/α,β-unsaturated/α-hetero) is 1. The van der Waals surface area contributed by atoms with Crippen LogP contribution >= 0.6 is 23.1 Å². The lowest BCUT2D eigenvalue weighted by Crippen LogP contribution is -2.25. The first-order valence-electron chi connectivity index (χ1n) is 7.75. The molecule has 1 aromatic carbocycles. The van der Waals surface area contributed by atoms with Crippen LogP contribution in [0.5, 0.6) is 0 Å². The Kier molecular flexibility index (Phi) is 5.16. The molecule has 24 heavy (non-hydrogen) atoms. The molecule has 0 spiro atoms. The van der Waals surface area contributed by atoms with E-state index in [1.54, 1.807) is 10.6 Å². The quantitative estimate of drug-likeness (QED) is 0.378. The number of benzene rings is 1. The van der Waals surface area contributed by atoms with E-state index in [9.17, 15) is 9.59 Å². The number of fused-ring (bicyclic) bond motifs is 1. The Morgan fingerprint density at radius 1 is 1.25 bits per heavy atom. The van der Waals surface area contributed by atoms with Gasteiger partial charge in [-0.15, -0.1) is 11.3 Å². The third kappa shape index (κ3) is 3.60. The van der Waals surface area contributed by atoms with Crippen LogP contribution < -0.4 is 5.56 Å². The van der Waals surface area contributed by atoms with E-state index in [4.69, 9.17) is 0 Å². The van der Waals surface area contributed by atoms with Gasteiger partial charge in [-0.3, -0.25) is 14.2 Å². The van der Waals surface area contributed by atoms with Crippen molar-refractivity contribution in [3.63, 3.8) is 0 Å². The van der Waals surface area contributed by atoms with Gasteiger partial charge >= 0.3 is 0 Å². The van der Waals surface area contributed by atoms with Crippen LogP contribution in [0.3, 0.4) is 0 Å². The number of thiophene rings is 1. The van der Waals surface area contributed by atoms with Crippen LogP contribution in [0.4, 0.5) is 0 Å². The number of carbonyl (C=O) groups is 1. The van der Waals surface area contributed by atoms with Crippen LogP contribution in [0.1, 0.15) is 23.5 Å². The molecule has 3 rings (SSSR count). The van der Waals surface area contributed by atoms with E-state index in [1.165, 1.54) is 23.1 Å². The van der Waals surface area contributed by atoms with Gasteiger partial charge in [0.05, 0.1) is 21.5 Å². The zero-order chi connectivity index (χ0) is 17.1. The number of thioether (sulfide) groups is 1. The highest BCUT2D eigenvalue weighted by atomic mass is 32.2. The molecule has 0 atom stereocenters. The molecular formula is C18H18N2O2S2. The van der Waals surface area contributed by atoms with Crippen molar-refractivity contribution in [2.24, 2.45) is 5.92 Å². The van der Waals surface area contributed by atoms with Crippen LogP contribution in [0.25, 0.3) is 10.9 Å². The molecule has 2 heterocycles. The molecule has 0 bridgehead atoms. The molecule has 6 heteroatoms. The number of hydrogen-bond donors (Lipinski definition) is 0. The van der Waals surface area contributed by atoms with Crippen molar-refractivity contribution >= 4 is 39.8 Å². The molecule has 3 aromatic rings. The second-order valence-corrected chi connectivity index (χ2v) is 7.80. The number of carbonyl (C=O) groups excluding carboxylic acids is 1. The maximum absolute atomic E-state index is 12.8. The Morgan fingerprint density at radius 3 is 2.75 bits per heavy atom. The molecule has 0 amide bonds. The Bertz CT molecular complexity index is 914. The van der Waals surface area contributed by atoms with Crippen LogP contribution in [-0.4, -0.2) is 21.1 Å².